The third-order valence-corrected chi connectivity index (χ3v) is 4.77. The fourth-order valence-corrected chi connectivity index (χ4v) is 3.35. The number of halogens is 1. The van der Waals surface area contributed by atoms with E-state index in [4.69, 9.17) is 4.74 Å². The van der Waals surface area contributed by atoms with Gasteiger partial charge in [-0.1, -0.05) is 24.3 Å². The minimum Gasteiger partial charge on any atom is -0.494 e. The first kappa shape index (κ1) is 17.8. The van der Waals surface area contributed by atoms with E-state index in [2.05, 4.69) is 16.3 Å². The van der Waals surface area contributed by atoms with E-state index >= 15 is 0 Å². The molecule has 142 valence electrons. The molecule has 1 saturated heterocycles. The van der Waals surface area contributed by atoms with Gasteiger partial charge in [-0.3, -0.25) is 0 Å². The van der Waals surface area contributed by atoms with Crippen LogP contribution in [0.25, 0.3) is 5.69 Å². The number of hydrogen-bond donors (Lipinski definition) is 0. The summed E-state index contributed by atoms with van der Waals surface area (Å²) in [5.41, 5.74) is 1.52. The highest BCUT2D eigenvalue weighted by Crippen LogP contribution is 2.26. The lowest BCUT2D eigenvalue weighted by molar-refractivity contribution is 0.410. The van der Waals surface area contributed by atoms with Crippen molar-refractivity contribution in [2.45, 2.75) is 0 Å². The number of aromatic nitrogens is 3. The van der Waals surface area contributed by atoms with Crippen molar-refractivity contribution in [1.82, 2.24) is 15.0 Å². The molecule has 7 nitrogen and oxygen atoms in total. The van der Waals surface area contributed by atoms with Crippen LogP contribution in [0.3, 0.4) is 0 Å². The van der Waals surface area contributed by atoms with Crippen LogP contribution in [0.1, 0.15) is 5.69 Å². The molecule has 4 rings (SSSR count). The lowest BCUT2D eigenvalue weighted by atomic mass is 10.2. The number of para-hydroxylation sites is 3. The molecule has 1 aliphatic heterocycles. The van der Waals surface area contributed by atoms with Gasteiger partial charge in [0.15, 0.2) is 5.82 Å². The molecule has 3 aromatic rings. The van der Waals surface area contributed by atoms with Gasteiger partial charge in [-0.2, -0.15) is 5.26 Å². The molecule has 28 heavy (non-hydrogen) atoms. The van der Waals surface area contributed by atoms with Crippen molar-refractivity contribution in [2.24, 2.45) is 0 Å². The third kappa shape index (κ3) is 3.22. The number of rotatable bonds is 4. The van der Waals surface area contributed by atoms with Crippen molar-refractivity contribution < 1.29 is 9.13 Å². The molecule has 0 aliphatic carbocycles. The molecule has 2 heterocycles. The zero-order valence-corrected chi connectivity index (χ0v) is 15.4. The van der Waals surface area contributed by atoms with Gasteiger partial charge in [0.25, 0.3) is 0 Å². The number of methoxy groups -OCH3 is 1. The number of nitrogens with zero attached hydrogens (tertiary/aromatic N) is 6. The number of nitriles is 1. The lowest BCUT2D eigenvalue weighted by Crippen LogP contribution is -2.47. The molecule has 0 unspecified atom stereocenters. The smallest absolute Gasteiger partial charge is 0.207 e. The molecule has 2 aromatic carbocycles. The molecular formula is C20H19FN6O. The standard InChI is InChI=1S/C20H19FN6O/c1-28-19-9-5-4-8-18(19)27-23-16(14-22)20(24-27)26-12-10-25(11-13-26)17-7-3-2-6-15(17)21/h2-9H,10-13H2,1H3. The van der Waals surface area contributed by atoms with Gasteiger partial charge >= 0.3 is 0 Å². The molecule has 0 atom stereocenters. The average Bonchev–Trinajstić information content (AvgIpc) is 3.18. The second-order valence-electron chi connectivity index (χ2n) is 6.37. The van der Waals surface area contributed by atoms with Gasteiger partial charge in [0.2, 0.25) is 5.69 Å². The number of anilines is 2. The van der Waals surface area contributed by atoms with E-state index in [-0.39, 0.29) is 11.5 Å². The van der Waals surface area contributed by atoms with Crippen molar-refractivity contribution in [3.63, 3.8) is 0 Å². The summed E-state index contributed by atoms with van der Waals surface area (Å²) in [5.74, 6) is 0.926. The van der Waals surface area contributed by atoms with Gasteiger partial charge in [0, 0.05) is 26.2 Å². The van der Waals surface area contributed by atoms with Crippen LogP contribution in [0, 0.1) is 17.1 Å². The van der Waals surface area contributed by atoms with Crippen molar-refractivity contribution in [3.8, 4) is 17.5 Å². The third-order valence-electron chi connectivity index (χ3n) is 4.77. The molecule has 1 aliphatic rings. The average molecular weight is 378 g/mol. The molecule has 8 heteroatoms. The van der Waals surface area contributed by atoms with Crippen LogP contribution in [0.15, 0.2) is 48.5 Å². The number of hydrogen-bond acceptors (Lipinski definition) is 6. The Morgan fingerprint density at radius 2 is 1.57 bits per heavy atom. The van der Waals surface area contributed by atoms with E-state index in [1.54, 1.807) is 19.2 Å². The predicted octanol–water partition coefficient (Wildman–Crippen LogP) is 2.61. The van der Waals surface area contributed by atoms with E-state index in [0.717, 1.165) is 0 Å². The molecule has 0 radical (unpaired) electrons. The zero-order chi connectivity index (χ0) is 19.5. The van der Waals surface area contributed by atoms with E-state index in [9.17, 15) is 9.65 Å². The highest BCUT2D eigenvalue weighted by atomic mass is 19.1. The summed E-state index contributed by atoms with van der Waals surface area (Å²) in [6.07, 6.45) is 0. The second kappa shape index (κ2) is 7.56. The summed E-state index contributed by atoms with van der Waals surface area (Å²) in [4.78, 5) is 5.44. The topological polar surface area (TPSA) is 70.2 Å². The van der Waals surface area contributed by atoms with Crippen LogP contribution in [0.5, 0.6) is 5.75 Å². The summed E-state index contributed by atoms with van der Waals surface area (Å²) >= 11 is 0. The molecule has 0 amide bonds. The van der Waals surface area contributed by atoms with Crippen LogP contribution < -0.4 is 14.5 Å². The SMILES string of the molecule is COc1ccccc1-n1nc(C#N)c(N2CCN(c3ccccc3F)CC2)n1. The largest absolute Gasteiger partial charge is 0.494 e. The fraction of sp³-hybridized carbons (Fsp3) is 0.250. The van der Waals surface area contributed by atoms with Gasteiger partial charge in [0.05, 0.1) is 12.8 Å². The van der Waals surface area contributed by atoms with Crippen molar-refractivity contribution in [2.75, 3.05) is 43.1 Å². The van der Waals surface area contributed by atoms with Crippen molar-refractivity contribution in [3.05, 3.63) is 60.0 Å². The van der Waals surface area contributed by atoms with Crippen LogP contribution in [0.2, 0.25) is 0 Å². The van der Waals surface area contributed by atoms with E-state index in [1.807, 2.05) is 40.1 Å². The Hall–Kier alpha value is -3.60. The van der Waals surface area contributed by atoms with Gasteiger partial charge in [-0.05, 0) is 24.3 Å². The normalized spacial score (nSPS) is 14.0. The van der Waals surface area contributed by atoms with Crippen molar-refractivity contribution >= 4 is 11.5 Å². The predicted molar refractivity (Wildman–Crippen MR) is 103 cm³/mol. The molecule has 1 fully saturated rings. The summed E-state index contributed by atoms with van der Waals surface area (Å²) < 4.78 is 19.4. The van der Waals surface area contributed by atoms with Crippen LogP contribution >= 0.6 is 0 Å². The molecule has 0 saturated carbocycles. The van der Waals surface area contributed by atoms with Crippen LogP contribution in [0.4, 0.5) is 15.9 Å². The molecule has 0 N–H and O–H groups in total. The molecular weight excluding hydrogens is 359 g/mol. The fourth-order valence-electron chi connectivity index (χ4n) is 3.35. The van der Waals surface area contributed by atoms with Crippen LogP contribution in [-0.4, -0.2) is 48.3 Å². The summed E-state index contributed by atoms with van der Waals surface area (Å²) in [5, 5.41) is 18.4. The number of ether oxygens (including phenoxy) is 1. The maximum absolute atomic E-state index is 14.0. The number of piperazine rings is 1. The molecule has 1 aromatic heterocycles. The van der Waals surface area contributed by atoms with Crippen molar-refractivity contribution in [1.29, 1.82) is 5.26 Å². The Labute approximate surface area is 162 Å². The van der Waals surface area contributed by atoms with Gasteiger partial charge in [-0.15, -0.1) is 15.0 Å². The summed E-state index contributed by atoms with van der Waals surface area (Å²) in [6, 6.07) is 16.3. The van der Waals surface area contributed by atoms with Gasteiger partial charge < -0.3 is 14.5 Å². The Kier molecular flexibility index (Phi) is 4.81. The quantitative estimate of drug-likeness (QED) is 0.695. The first-order valence-electron chi connectivity index (χ1n) is 8.96. The number of benzene rings is 2. The maximum Gasteiger partial charge on any atom is 0.207 e. The highest BCUT2D eigenvalue weighted by Gasteiger charge is 2.25. The Balaban J connectivity index is 1.57. The van der Waals surface area contributed by atoms with E-state index in [1.165, 1.54) is 10.9 Å². The Morgan fingerprint density at radius 1 is 0.929 bits per heavy atom. The minimum atomic E-state index is -0.226. The summed E-state index contributed by atoms with van der Waals surface area (Å²) in [7, 11) is 1.58. The first-order valence-corrected chi connectivity index (χ1v) is 8.96. The maximum atomic E-state index is 14.0. The highest BCUT2D eigenvalue weighted by molar-refractivity contribution is 5.55. The van der Waals surface area contributed by atoms with Gasteiger partial charge in [-0.25, -0.2) is 4.39 Å². The first-order chi connectivity index (χ1) is 13.7. The summed E-state index contributed by atoms with van der Waals surface area (Å²) in [6.45, 7) is 2.50. The zero-order valence-electron chi connectivity index (χ0n) is 15.4. The second-order valence-corrected chi connectivity index (χ2v) is 6.37. The van der Waals surface area contributed by atoms with Gasteiger partial charge in [0.1, 0.15) is 23.3 Å². The Morgan fingerprint density at radius 3 is 2.25 bits per heavy atom. The van der Waals surface area contributed by atoms with E-state index < -0.39 is 0 Å². The lowest BCUT2D eigenvalue weighted by Gasteiger charge is -2.36. The Bertz CT molecular complexity index is 1020. The van der Waals surface area contributed by atoms with E-state index in [0.29, 0.717) is 49.1 Å². The minimum absolute atomic E-state index is 0.226. The molecule has 0 spiro atoms. The molecule has 0 bridgehead atoms. The monoisotopic (exact) mass is 378 g/mol. The van der Waals surface area contributed by atoms with Crippen LogP contribution in [-0.2, 0) is 0 Å².